The second kappa shape index (κ2) is 7.33. The number of hydrogen-bond acceptors (Lipinski definition) is 2. The number of urea groups is 1. The van der Waals surface area contributed by atoms with Crippen molar-refractivity contribution in [1.29, 1.82) is 0 Å². The first kappa shape index (κ1) is 14.9. The molecule has 2 aromatic rings. The number of carbonyl (C=O) groups is 1. The molecule has 2 aromatic carbocycles. The summed E-state index contributed by atoms with van der Waals surface area (Å²) >= 11 is 0. The molecular formula is C17H20N2O2. The standard InChI is InChI=1S/C17H20N2O2/c1-13-6-5-8-15(12-13)19-17(20)18-10-11-21-16-9-4-3-7-14(16)2/h3-9,12H,10-11H2,1-2H3,(H2,18,19,20). The molecule has 0 atom stereocenters. The molecule has 4 nitrogen and oxygen atoms in total. The maximum atomic E-state index is 11.7. The van der Waals surface area contributed by atoms with E-state index in [1.165, 1.54) is 0 Å². The fourth-order valence-electron chi connectivity index (χ4n) is 1.94. The minimum absolute atomic E-state index is 0.228. The lowest BCUT2D eigenvalue weighted by molar-refractivity contribution is 0.247. The summed E-state index contributed by atoms with van der Waals surface area (Å²) in [5, 5.41) is 5.55. The van der Waals surface area contributed by atoms with Crippen LogP contribution in [0.4, 0.5) is 10.5 Å². The highest BCUT2D eigenvalue weighted by Crippen LogP contribution is 2.15. The number of rotatable bonds is 5. The lowest BCUT2D eigenvalue weighted by Gasteiger charge is -2.10. The molecule has 0 radical (unpaired) electrons. The topological polar surface area (TPSA) is 50.4 Å². The SMILES string of the molecule is Cc1cccc(NC(=O)NCCOc2ccccc2C)c1. The Kier molecular flexibility index (Phi) is 5.21. The van der Waals surface area contributed by atoms with Crippen LogP contribution in [-0.2, 0) is 0 Å². The van der Waals surface area contributed by atoms with Crippen LogP contribution in [0.5, 0.6) is 5.75 Å². The van der Waals surface area contributed by atoms with E-state index in [1.54, 1.807) is 0 Å². The summed E-state index contributed by atoms with van der Waals surface area (Å²) in [6.07, 6.45) is 0. The van der Waals surface area contributed by atoms with Crippen molar-refractivity contribution in [2.75, 3.05) is 18.5 Å². The molecule has 0 saturated carbocycles. The molecule has 0 aliphatic carbocycles. The van der Waals surface area contributed by atoms with Crippen molar-refractivity contribution in [1.82, 2.24) is 5.32 Å². The molecule has 110 valence electrons. The van der Waals surface area contributed by atoms with Crippen molar-refractivity contribution >= 4 is 11.7 Å². The number of para-hydroxylation sites is 1. The lowest BCUT2D eigenvalue weighted by Crippen LogP contribution is -2.32. The molecule has 2 rings (SSSR count). The van der Waals surface area contributed by atoms with Crippen LogP contribution in [0.3, 0.4) is 0 Å². The Hall–Kier alpha value is -2.49. The lowest BCUT2D eigenvalue weighted by atomic mass is 10.2. The Morgan fingerprint density at radius 3 is 2.67 bits per heavy atom. The summed E-state index contributed by atoms with van der Waals surface area (Å²) in [6.45, 7) is 4.87. The number of benzene rings is 2. The van der Waals surface area contributed by atoms with Gasteiger partial charge in [-0.05, 0) is 43.2 Å². The Morgan fingerprint density at radius 2 is 1.90 bits per heavy atom. The first-order valence-electron chi connectivity index (χ1n) is 6.95. The third-order valence-corrected chi connectivity index (χ3v) is 3.01. The molecule has 0 aliphatic heterocycles. The summed E-state index contributed by atoms with van der Waals surface area (Å²) in [7, 11) is 0. The van der Waals surface area contributed by atoms with E-state index in [0.717, 1.165) is 22.6 Å². The number of hydrogen-bond donors (Lipinski definition) is 2. The number of amides is 2. The number of ether oxygens (including phenoxy) is 1. The number of carbonyl (C=O) groups excluding carboxylic acids is 1. The Balaban J connectivity index is 1.71. The van der Waals surface area contributed by atoms with Crippen molar-refractivity contribution in [2.24, 2.45) is 0 Å². The van der Waals surface area contributed by atoms with Gasteiger partial charge in [-0.15, -0.1) is 0 Å². The van der Waals surface area contributed by atoms with Gasteiger partial charge in [-0.1, -0.05) is 30.3 Å². The van der Waals surface area contributed by atoms with Crippen LogP contribution in [-0.4, -0.2) is 19.2 Å². The smallest absolute Gasteiger partial charge is 0.319 e. The van der Waals surface area contributed by atoms with Crippen LogP contribution < -0.4 is 15.4 Å². The van der Waals surface area contributed by atoms with Crippen molar-refractivity contribution < 1.29 is 9.53 Å². The summed E-state index contributed by atoms with van der Waals surface area (Å²) in [4.78, 5) is 11.7. The molecule has 0 fully saturated rings. The van der Waals surface area contributed by atoms with Gasteiger partial charge in [0.1, 0.15) is 12.4 Å². The van der Waals surface area contributed by atoms with Crippen LogP contribution in [0, 0.1) is 13.8 Å². The third-order valence-electron chi connectivity index (χ3n) is 3.01. The third kappa shape index (κ3) is 4.84. The van der Waals surface area contributed by atoms with Crippen LogP contribution in [0.2, 0.25) is 0 Å². The van der Waals surface area contributed by atoms with Gasteiger partial charge < -0.3 is 15.4 Å². The van der Waals surface area contributed by atoms with Gasteiger partial charge in [-0.3, -0.25) is 0 Å². The molecule has 0 aliphatic rings. The van der Waals surface area contributed by atoms with Gasteiger partial charge in [-0.25, -0.2) is 4.79 Å². The van der Waals surface area contributed by atoms with Crippen LogP contribution >= 0.6 is 0 Å². The van der Waals surface area contributed by atoms with Gasteiger partial charge in [0.05, 0.1) is 6.54 Å². The van der Waals surface area contributed by atoms with E-state index in [1.807, 2.05) is 62.4 Å². The molecule has 0 saturated heterocycles. The van der Waals surface area contributed by atoms with E-state index in [2.05, 4.69) is 10.6 Å². The number of aryl methyl sites for hydroxylation is 2. The van der Waals surface area contributed by atoms with Crippen LogP contribution in [0.1, 0.15) is 11.1 Å². The molecule has 21 heavy (non-hydrogen) atoms. The Bertz CT molecular complexity index is 611. The molecule has 0 heterocycles. The fourth-order valence-corrected chi connectivity index (χ4v) is 1.94. The zero-order valence-electron chi connectivity index (χ0n) is 12.3. The minimum Gasteiger partial charge on any atom is -0.491 e. The molecule has 0 spiro atoms. The van der Waals surface area contributed by atoms with E-state index in [0.29, 0.717) is 13.2 Å². The first-order valence-corrected chi connectivity index (χ1v) is 6.95. The van der Waals surface area contributed by atoms with Gasteiger partial charge in [0.2, 0.25) is 0 Å². The normalized spacial score (nSPS) is 10.0. The predicted octanol–water partition coefficient (Wildman–Crippen LogP) is 3.50. The maximum Gasteiger partial charge on any atom is 0.319 e. The fraction of sp³-hybridized carbons (Fsp3) is 0.235. The minimum atomic E-state index is -0.228. The van der Waals surface area contributed by atoms with Crippen LogP contribution in [0.15, 0.2) is 48.5 Å². The zero-order chi connectivity index (χ0) is 15.1. The van der Waals surface area contributed by atoms with Gasteiger partial charge in [0, 0.05) is 5.69 Å². The highest BCUT2D eigenvalue weighted by molar-refractivity contribution is 5.89. The van der Waals surface area contributed by atoms with Gasteiger partial charge >= 0.3 is 6.03 Å². The van der Waals surface area contributed by atoms with E-state index in [4.69, 9.17) is 4.74 Å². The van der Waals surface area contributed by atoms with Crippen molar-refractivity contribution in [3.8, 4) is 5.75 Å². The molecule has 0 unspecified atom stereocenters. The van der Waals surface area contributed by atoms with Crippen LogP contribution in [0.25, 0.3) is 0 Å². The second-order valence-corrected chi connectivity index (χ2v) is 4.86. The second-order valence-electron chi connectivity index (χ2n) is 4.86. The summed E-state index contributed by atoms with van der Waals surface area (Å²) in [5.74, 6) is 0.846. The molecule has 0 aromatic heterocycles. The predicted molar refractivity (Wildman–Crippen MR) is 84.9 cm³/mol. The number of nitrogens with one attached hydrogen (secondary N) is 2. The van der Waals surface area contributed by atoms with Crippen molar-refractivity contribution in [3.05, 3.63) is 59.7 Å². The van der Waals surface area contributed by atoms with Gasteiger partial charge in [0.15, 0.2) is 0 Å². The Morgan fingerprint density at radius 1 is 1.10 bits per heavy atom. The van der Waals surface area contributed by atoms with Gasteiger partial charge in [-0.2, -0.15) is 0 Å². The highest BCUT2D eigenvalue weighted by atomic mass is 16.5. The van der Waals surface area contributed by atoms with Crippen molar-refractivity contribution in [2.45, 2.75) is 13.8 Å². The van der Waals surface area contributed by atoms with E-state index in [-0.39, 0.29) is 6.03 Å². The summed E-state index contributed by atoms with van der Waals surface area (Å²) < 4.78 is 5.61. The summed E-state index contributed by atoms with van der Waals surface area (Å²) in [5.41, 5.74) is 2.98. The van der Waals surface area contributed by atoms with E-state index in [9.17, 15) is 4.79 Å². The average molecular weight is 284 g/mol. The van der Waals surface area contributed by atoms with Crippen molar-refractivity contribution in [3.63, 3.8) is 0 Å². The molecule has 4 heteroatoms. The number of anilines is 1. The summed E-state index contributed by atoms with van der Waals surface area (Å²) in [6, 6.07) is 15.3. The van der Waals surface area contributed by atoms with E-state index < -0.39 is 0 Å². The molecular weight excluding hydrogens is 264 g/mol. The van der Waals surface area contributed by atoms with Gasteiger partial charge in [0.25, 0.3) is 0 Å². The molecule has 2 amide bonds. The zero-order valence-corrected chi connectivity index (χ0v) is 12.3. The average Bonchev–Trinajstić information content (AvgIpc) is 2.45. The molecule has 0 bridgehead atoms. The Labute approximate surface area is 125 Å². The molecule has 2 N–H and O–H groups in total. The first-order chi connectivity index (χ1) is 10.1. The monoisotopic (exact) mass is 284 g/mol. The maximum absolute atomic E-state index is 11.7. The largest absolute Gasteiger partial charge is 0.491 e. The quantitative estimate of drug-likeness (QED) is 0.826. The highest BCUT2D eigenvalue weighted by Gasteiger charge is 2.02. The van der Waals surface area contributed by atoms with E-state index >= 15 is 0 Å².